The summed E-state index contributed by atoms with van der Waals surface area (Å²) in [6.07, 6.45) is 0. The maximum Gasteiger partial charge on any atom is 0.336 e. The van der Waals surface area contributed by atoms with Crippen LogP contribution in [-0.2, 0) is 0 Å². The summed E-state index contributed by atoms with van der Waals surface area (Å²) in [5.41, 5.74) is 2.65. The molecule has 3 rings (SSSR count). The first-order valence-electron chi connectivity index (χ1n) is 7.93. The zero-order chi connectivity index (χ0) is 18.1. The molecule has 0 aliphatic carbocycles. The Balaban J connectivity index is 2.31. The maximum absolute atomic E-state index is 14.0. The highest BCUT2D eigenvalue weighted by Gasteiger charge is 2.17. The third-order valence-electron chi connectivity index (χ3n) is 4.17. The van der Waals surface area contributed by atoms with Crippen LogP contribution in [0.1, 0.15) is 35.7 Å². The molecule has 0 fully saturated rings. The molecule has 3 aromatic rings. The van der Waals surface area contributed by atoms with Crippen LogP contribution in [0, 0.1) is 5.82 Å². The number of carboxylic acid groups (broad SMARTS) is 1. The number of ether oxygens (including phenoxy) is 1. The van der Waals surface area contributed by atoms with Gasteiger partial charge in [-0.1, -0.05) is 32.0 Å². The molecular weight excluding hydrogens is 321 g/mol. The van der Waals surface area contributed by atoms with Gasteiger partial charge in [0.15, 0.2) is 11.6 Å². The molecule has 128 valence electrons. The fraction of sp³-hybridized carbons (Fsp3) is 0.200. The Hall–Kier alpha value is -2.95. The first-order chi connectivity index (χ1) is 11.9. The summed E-state index contributed by atoms with van der Waals surface area (Å²) in [5.74, 6) is -1.24. The lowest BCUT2D eigenvalue weighted by atomic mass is 9.96. The van der Waals surface area contributed by atoms with E-state index >= 15 is 0 Å². The SMILES string of the molecule is COc1ccc(-c2cc(C(=O)O)c3cccc(C(C)C)c3n2)cc1F. The first kappa shape index (κ1) is 16.9. The number of benzene rings is 2. The highest BCUT2D eigenvalue weighted by atomic mass is 19.1. The number of fused-ring (bicyclic) bond motifs is 1. The first-order valence-corrected chi connectivity index (χ1v) is 7.93. The Bertz CT molecular complexity index is 967. The van der Waals surface area contributed by atoms with Crippen molar-refractivity contribution in [1.29, 1.82) is 0 Å². The van der Waals surface area contributed by atoms with Crippen molar-refractivity contribution in [2.45, 2.75) is 19.8 Å². The Morgan fingerprint density at radius 2 is 1.96 bits per heavy atom. The van der Waals surface area contributed by atoms with E-state index < -0.39 is 11.8 Å². The molecule has 0 saturated carbocycles. The molecule has 0 amide bonds. The van der Waals surface area contributed by atoms with Crippen molar-refractivity contribution >= 4 is 16.9 Å². The van der Waals surface area contributed by atoms with Gasteiger partial charge in [0, 0.05) is 10.9 Å². The maximum atomic E-state index is 14.0. The number of methoxy groups -OCH3 is 1. The molecule has 1 aromatic heterocycles. The second-order valence-electron chi connectivity index (χ2n) is 6.11. The van der Waals surface area contributed by atoms with E-state index in [1.54, 1.807) is 12.1 Å². The van der Waals surface area contributed by atoms with E-state index in [4.69, 9.17) is 4.74 Å². The van der Waals surface area contributed by atoms with E-state index in [0.29, 0.717) is 22.2 Å². The van der Waals surface area contributed by atoms with Gasteiger partial charge in [-0.25, -0.2) is 14.2 Å². The fourth-order valence-electron chi connectivity index (χ4n) is 2.89. The molecule has 25 heavy (non-hydrogen) atoms. The van der Waals surface area contributed by atoms with Gasteiger partial charge in [-0.05, 0) is 35.7 Å². The minimum absolute atomic E-state index is 0.130. The number of carbonyl (C=O) groups is 1. The highest BCUT2D eigenvalue weighted by molar-refractivity contribution is 6.04. The minimum atomic E-state index is -1.04. The van der Waals surface area contributed by atoms with E-state index in [1.165, 1.54) is 25.3 Å². The summed E-state index contributed by atoms with van der Waals surface area (Å²) in [5, 5.41) is 10.2. The normalized spacial score (nSPS) is 11.1. The second kappa shape index (κ2) is 6.51. The van der Waals surface area contributed by atoms with Crippen LogP contribution >= 0.6 is 0 Å². The van der Waals surface area contributed by atoms with Gasteiger partial charge in [0.1, 0.15) is 0 Å². The topological polar surface area (TPSA) is 59.4 Å². The summed E-state index contributed by atoms with van der Waals surface area (Å²) in [4.78, 5) is 16.4. The average molecular weight is 339 g/mol. The molecule has 0 spiro atoms. The van der Waals surface area contributed by atoms with Crippen LogP contribution in [0.4, 0.5) is 4.39 Å². The molecule has 1 heterocycles. The molecule has 0 aliphatic heterocycles. The lowest BCUT2D eigenvalue weighted by Gasteiger charge is -2.13. The molecular formula is C20H18FNO3. The lowest BCUT2D eigenvalue weighted by Crippen LogP contribution is -2.03. The molecule has 0 unspecified atom stereocenters. The van der Waals surface area contributed by atoms with E-state index in [0.717, 1.165) is 5.56 Å². The zero-order valence-corrected chi connectivity index (χ0v) is 14.2. The van der Waals surface area contributed by atoms with Crippen LogP contribution in [0.2, 0.25) is 0 Å². The molecule has 0 radical (unpaired) electrons. The van der Waals surface area contributed by atoms with Crippen LogP contribution in [0.25, 0.3) is 22.2 Å². The van der Waals surface area contributed by atoms with Crippen molar-refractivity contribution in [2.75, 3.05) is 7.11 Å². The summed E-state index contributed by atoms with van der Waals surface area (Å²) < 4.78 is 19.0. The average Bonchev–Trinajstić information content (AvgIpc) is 2.59. The summed E-state index contributed by atoms with van der Waals surface area (Å²) >= 11 is 0. The van der Waals surface area contributed by atoms with Crippen molar-refractivity contribution in [1.82, 2.24) is 4.98 Å². The quantitative estimate of drug-likeness (QED) is 0.736. The number of para-hydroxylation sites is 1. The zero-order valence-electron chi connectivity index (χ0n) is 14.2. The number of pyridine rings is 1. The molecule has 2 aromatic carbocycles. The van der Waals surface area contributed by atoms with E-state index in [-0.39, 0.29) is 17.2 Å². The van der Waals surface area contributed by atoms with Crippen LogP contribution < -0.4 is 4.74 Å². The molecule has 0 saturated heterocycles. The molecule has 1 N–H and O–H groups in total. The Morgan fingerprint density at radius 1 is 1.20 bits per heavy atom. The monoisotopic (exact) mass is 339 g/mol. The van der Waals surface area contributed by atoms with Crippen LogP contribution in [0.15, 0.2) is 42.5 Å². The van der Waals surface area contributed by atoms with Gasteiger partial charge in [-0.2, -0.15) is 0 Å². The number of hydrogen-bond acceptors (Lipinski definition) is 3. The van der Waals surface area contributed by atoms with Gasteiger partial charge in [-0.15, -0.1) is 0 Å². The van der Waals surface area contributed by atoms with Crippen molar-refractivity contribution in [3.05, 3.63) is 59.4 Å². The number of aromatic nitrogens is 1. The van der Waals surface area contributed by atoms with Crippen molar-refractivity contribution < 1.29 is 19.0 Å². The molecule has 5 heteroatoms. The third-order valence-corrected chi connectivity index (χ3v) is 4.17. The summed E-state index contributed by atoms with van der Waals surface area (Å²) in [7, 11) is 1.39. The predicted molar refractivity (Wildman–Crippen MR) is 94.7 cm³/mol. The number of hydrogen-bond donors (Lipinski definition) is 1. The second-order valence-corrected chi connectivity index (χ2v) is 6.11. The van der Waals surface area contributed by atoms with Gasteiger partial charge in [0.25, 0.3) is 0 Å². The number of carboxylic acids is 1. The summed E-state index contributed by atoms with van der Waals surface area (Å²) in [6.45, 7) is 4.05. The van der Waals surface area contributed by atoms with Crippen LogP contribution in [0.3, 0.4) is 0 Å². The van der Waals surface area contributed by atoms with Gasteiger partial charge in [0.05, 0.1) is 23.9 Å². The Morgan fingerprint density at radius 3 is 2.56 bits per heavy atom. The fourth-order valence-corrected chi connectivity index (χ4v) is 2.89. The molecule has 0 aliphatic rings. The number of nitrogens with zero attached hydrogens (tertiary/aromatic N) is 1. The van der Waals surface area contributed by atoms with Crippen molar-refractivity contribution in [2.24, 2.45) is 0 Å². The Kier molecular flexibility index (Phi) is 4.40. The number of rotatable bonds is 4. The Labute approximate surface area is 144 Å². The van der Waals surface area contributed by atoms with Crippen LogP contribution in [-0.4, -0.2) is 23.2 Å². The largest absolute Gasteiger partial charge is 0.494 e. The van der Waals surface area contributed by atoms with E-state index in [2.05, 4.69) is 4.98 Å². The standard InChI is InChI=1S/C20H18FNO3/c1-11(2)13-5-4-6-14-15(20(23)24)10-17(22-19(13)14)12-7-8-18(25-3)16(21)9-12/h4-11H,1-3H3,(H,23,24). The minimum Gasteiger partial charge on any atom is -0.494 e. The molecule has 0 bridgehead atoms. The van der Waals surface area contributed by atoms with Gasteiger partial charge in [-0.3, -0.25) is 0 Å². The number of halogens is 1. The number of aromatic carboxylic acids is 1. The molecule has 4 nitrogen and oxygen atoms in total. The van der Waals surface area contributed by atoms with Gasteiger partial charge < -0.3 is 9.84 Å². The highest BCUT2D eigenvalue weighted by Crippen LogP contribution is 2.31. The smallest absolute Gasteiger partial charge is 0.336 e. The van der Waals surface area contributed by atoms with Crippen molar-refractivity contribution in [3.8, 4) is 17.0 Å². The van der Waals surface area contributed by atoms with Crippen LogP contribution in [0.5, 0.6) is 5.75 Å². The van der Waals surface area contributed by atoms with Crippen molar-refractivity contribution in [3.63, 3.8) is 0 Å². The molecule has 0 atom stereocenters. The third kappa shape index (κ3) is 3.05. The lowest BCUT2D eigenvalue weighted by molar-refractivity contribution is 0.0699. The predicted octanol–water partition coefficient (Wildman–Crippen LogP) is 4.87. The van der Waals surface area contributed by atoms with Gasteiger partial charge >= 0.3 is 5.97 Å². The van der Waals surface area contributed by atoms with E-state index in [9.17, 15) is 14.3 Å². The van der Waals surface area contributed by atoms with E-state index in [1.807, 2.05) is 26.0 Å². The van der Waals surface area contributed by atoms with Gasteiger partial charge in [0.2, 0.25) is 0 Å². The summed E-state index contributed by atoms with van der Waals surface area (Å²) in [6, 6.07) is 11.5.